The molecule has 0 amide bonds. The van der Waals surface area contributed by atoms with E-state index in [2.05, 4.69) is 8.37 Å². The molecule has 4 atom stereocenters. The summed E-state index contributed by atoms with van der Waals surface area (Å²) in [5, 5.41) is 37.4. The van der Waals surface area contributed by atoms with Gasteiger partial charge >= 0.3 is 11.9 Å². The monoisotopic (exact) mass is 530 g/mol. The fraction of sp³-hybridized carbons (Fsp3) is 0.286. The number of hydrogen-bond donors (Lipinski definition) is 4. The molecule has 178 valence electrons. The van der Waals surface area contributed by atoms with Crippen molar-refractivity contribution in [2.75, 3.05) is 0 Å². The lowest BCUT2D eigenvalue weighted by Gasteiger charge is -2.23. The molecule has 0 saturated carbocycles. The first kappa shape index (κ1) is 25.9. The standard InChI is InChI=1S/C14H16N2O12S4/c17-7-1-2-8(18)15(7)11(5-13(21)27-31(23)24)29-30-12(6-14(22)28-32(25)26)16-9(19)3-4-10(16)20/h1-4,11-12,17-20H,5-6H2,(H,23,24)(H,25,26)/p-2. The lowest BCUT2D eigenvalue weighted by Crippen LogP contribution is -2.16. The molecule has 0 radical (unpaired) electrons. The molecule has 18 heteroatoms. The maximum atomic E-state index is 11.8. The molecule has 4 N–H and O–H groups in total. The number of carbonyl (C=O) groups is 2. The van der Waals surface area contributed by atoms with Gasteiger partial charge in [-0.3, -0.25) is 18.7 Å². The van der Waals surface area contributed by atoms with E-state index in [0.29, 0.717) is 21.6 Å². The van der Waals surface area contributed by atoms with Crippen LogP contribution in [0.25, 0.3) is 0 Å². The fourth-order valence-electron chi connectivity index (χ4n) is 2.41. The van der Waals surface area contributed by atoms with E-state index in [4.69, 9.17) is 0 Å². The van der Waals surface area contributed by atoms with Crippen molar-refractivity contribution < 1.29 is 55.9 Å². The van der Waals surface area contributed by atoms with Crippen LogP contribution in [0.3, 0.4) is 0 Å². The van der Waals surface area contributed by atoms with Crippen LogP contribution in [0.4, 0.5) is 0 Å². The zero-order valence-corrected chi connectivity index (χ0v) is 18.7. The SMILES string of the molecule is O=C(CC(SSC(CC(=O)OS(=O)[O-])n1c(O)ccc1O)n1c(O)ccc1O)OS(=O)[O-]. The highest BCUT2D eigenvalue weighted by Gasteiger charge is 2.28. The largest absolute Gasteiger partial charge is 0.740 e. The van der Waals surface area contributed by atoms with Gasteiger partial charge in [0.25, 0.3) is 0 Å². The lowest BCUT2D eigenvalue weighted by atomic mass is 10.4. The highest BCUT2D eigenvalue weighted by atomic mass is 33.1. The van der Waals surface area contributed by atoms with Crippen LogP contribution < -0.4 is 0 Å². The van der Waals surface area contributed by atoms with E-state index < -0.39 is 81.8 Å². The number of nitrogens with zero attached hydrogens (tertiary/aromatic N) is 2. The Morgan fingerprint density at radius 3 is 1.31 bits per heavy atom. The molecule has 0 bridgehead atoms. The first-order valence-corrected chi connectivity index (χ1v) is 12.4. The molecule has 0 fully saturated rings. The summed E-state index contributed by atoms with van der Waals surface area (Å²) < 4.78 is 52.2. The van der Waals surface area contributed by atoms with Crippen LogP contribution in [0, 0.1) is 0 Å². The summed E-state index contributed by atoms with van der Waals surface area (Å²) in [6.07, 6.45) is -1.38. The van der Waals surface area contributed by atoms with Crippen LogP contribution >= 0.6 is 21.6 Å². The van der Waals surface area contributed by atoms with Crippen LogP contribution in [-0.2, 0) is 40.7 Å². The predicted molar refractivity (Wildman–Crippen MR) is 108 cm³/mol. The topological polar surface area (TPSA) is 224 Å². The molecule has 2 heterocycles. The third kappa shape index (κ3) is 7.07. The zero-order valence-electron chi connectivity index (χ0n) is 15.5. The van der Waals surface area contributed by atoms with Gasteiger partial charge < -0.3 is 37.9 Å². The second kappa shape index (κ2) is 11.5. The van der Waals surface area contributed by atoms with Crippen LogP contribution in [0.1, 0.15) is 23.6 Å². The van der Waals surface area contributed by atoms with Crippen LogP contribution in [0.2, 0.25) is 0 Å². The van der Waals surface area contributed by atoms with E-state index in [1.807, 2.05) is 0 Å². The van der Waals surface area contributed by atoms with Gasteiger partial charge in [0.15, 0.2) is 23.5 Å². The van der Waals surface area contributed by atoms with Crippen molar-refractivity contribution in [2.45, 2.75) is 23.6 Å². The van der Waals surface area contributed by atoms with Crippen LogP contribution in [0.5, 0.6) is 23.5 Å². The Hall–Kier alpha value is -2.38. The molecular weight excluding hydrogens is 516 g/mol. The number of rotatable bonds is 11. The number of aromatic nitrogens is 2. The molecule has 0 spiro atoms. The lowest BCUT2D eigenvalue weighted by molar-refractivity contribution is -0.135. The zero-order chi connectivity index (χ0) is 24.0. The van der Waals surface area contributed by atoms with Crippen molar-refractivity contribution in [3.8, 4) is 23.5 Å². The minimum absolute atomic E-state index is 0.499. The summed E-state index contributed by atoms with van der Waals surface area (Å²) in [5.74, 6) is -4.48. The van der Waals surface area contributed by atoms with Gasteiger partial charge in [-0.2, -0.15) is 0 Å². The number of carbonyl (C=O) groups excluding carboxylic acids is 2. The van der Waals surface area contributed by atoms with Gasteiger partial charge in [-0.1, -0.05) is 21.6 Å². The van der Waals surface area contributed by atoms with Crippen molar-refractivity contribution in [1.82, 2.24) is 9.13 Å². The van der Waals surface area contributed by atoms with Crippen molar-refractivity contribution in [3.63, 3.8) is 0 Å². The summed E-state index contributed by atoms with van der Waals surface area (Å²) in [7, 11) is 1.40. The van der Waals surface area contributed by atoms with Crippen molar-refractivity contribution >= 4 is 56.2 Å². The Morgan fingerprint density at radius 2 is 1.06 bits per heavy atom. The highest BCUT2D eigenvalue weighted by Crippen LogP contribution is 2.49. The van der Waals surface area contributed by atoms with Gasteiger partial charge in [-0.15, -0.1) is 0 Å². The van der Waals surface area contributed by atoms with E-state index in [1.54, 1.807) is 0 Å². The van der Waals surface area contributed by atoms with Gasteiger partial charge in [0.2, 0.25) is 0 Å². The van der Waals surface area contributed by atoms with Crippen LogP contribution in [-0.4, -0.2) is 59.0 Å². The molecule has 0 aromatic carbocycles. The molecule has 2 rings (SSSR count). The minimum atomic E-state index is -3.17. The average molecular weight is 531 g/mol. The van der Waals surface area contributed by atoms with Crippen molar-refractivity contribution in [1.29, 1.82) is 0 Å². The van der Waals surface area contributed by atoms with E-state index >= 15 is 0 Å². The molecule has 4 unspecified atom stereocenters. The number of hydrogen-bond acceptors (Lipinski definition) is 14. The van der Waals surface area contributed by atoms with Crippen molar-refractivity contribution in [3.05, 3.63) is 24.3 Å². The summed E-state index contributed by atoms with van der Waals surface area (Å²) >= 11 is -6.33. The molecular formula is C14H14N2O12S4-2. The van der Waals surface area contributed by atoms with Crippen LogP contribution in [0.15, 0.2) is 24.3 Å². The summed E-state index contributed by atoms with van der Waals surface area (Å²) in [6.45, 7) is 0. The summed E-state index contributed by atoms with van der Waals surface area (Å²) in [4.78, 5) is 23.6. The maximum absolute atomic E-state index is 11.8. The Morgan fingerprint density at radius 1 is 0.781 bits per heavy atom. The van der Waals surface area contributed by atoms with Gasteiger partial charge in [0.1, 0.15) is 33.5 Å². The number of aromatic hydroxyl groups is 4. The third-order valence-corrected chi connectivity index (χ3v) is 7.23. The Kier molecular flexibility index (Phi) is 9.28. The molecule has 2 aromatic heterocycles. The molecule has 0 aliphatic carbocycles. The minimum Gasteiger partial charge on any atom is -0.740 e. The normalized spacial score (nSPS) is 14.9. The first-order valence-electron chi connectivity index (χ1n) is 8.10. The molecule has 0 aliphatic rings. The van der Waals surface area contributed by atoms with E-state index in [1.165, 1.54) is 0 Å². The second-order valence-electron chi connectivity index (χ2n) is 5.67. The molecule has 2 aromatic rings. The Balaban J connectivity index is 2.30. The molecule has 0 aliphatic heterocycles. The average Bonchev–Trinajstić information content (AvgIpc) is 3.17. The van der Waals surface area contributed by atoms with E-state index in [9.17, 15) is 47.5 Å². The molecule has 32 heavy (non-hydrogen) atoms. The van der Waals surface area contributed by atoms with Gasteiger partial charge in [-0.25, -0.2) is 8.42 Å². The quantitative estimate of drug-likeness (QED) is 0.231. The molecule has 0 saturated heterocycles. The van der Waals surface area contributed by atoms with E-state index in [-0.39, 0.29) is 0 Å². The summed E-state index contributed by atoms with van der Waals surface area (Å²) in [5.41, 5.74) is 0. The smallest absolute Gasteiger partial charge is 0.322 e. The first-order chi connectivity index (χ1) is 15.0. The van der Waals surface area contributed by atoms with Crippen molar-refractivity contribution in [2.24, 2.45) is 0 Å². The van der Waals surface area contributed by atoms with Gasteiger partial charge in [-0.05, 0) is 0 Å². The second-order valence-corrected chi connectivity index (χ2v) is 9.45. The van der Waals surface area contributed by atoms with Gasteiger partial charge in [0.05, 0.1) is 12.8 Å². The van der Waals surface area contributed by atoms with E-state index in [0.717, 1.165) is 33.4 Å². The Bertz CT molecular complexity index is 902. The van der Waals surface area contributed by atoms with Gasteiger partial charge in [0, 0.05) is 24.3 Å². The third-order valence-electron chi connectivity index (χ3n) is 3.61. The fourth-order valence-corrected chi connectivity index (χ4v) is 5.82. The molecule has 14 nitrogen and oxygen atoms in total. The summed E-state index contributed by atoms with van der Waals surface area (Å²) in [6, 6.07) is 4.36. The maximum Gasteiger partial charge on any atom is 0.322 e. The highest BCUT2D eigenvalue weighted by molar-refractivity contribution is 8.76. The Labute approximate surface area is 192 Å². The predicted octanol–water partition coefficient (Wildman–Crippen LogP) is 0.646.